The molecule has 1 amide bonds. The van der Waals surface area contributed by atoms with Gasteiger partial charge in [-0.2, -0.15) is 0 Å². The van der Waals surface area contributed by atoms with E-state index < -0.39 is 0 Å². The van der Waals surface area contributed by atoms with Crippen molar-refractivity contribution in [2.45, 2.75) is 37.8 Å². The number of amides is 1. The number of phenolic OH excluding ortho intramolecular Hbond substituents is 1. The number of hydrogen-bond donors (Lipinski definition) is 1. The van der Waals surface area contributed by atoms with Crippen LogP contribution in [0.25, 0.3) is 0 Å². The topological polar surface area (TPSA) is 62.2 Å². The molecule has 0 unspecified atom stereocenters. The zero-order valence-electron chi connectivity index (χ0n) is 16.4. The van der Waals surface area contributed by atoms with Crippen molar-refractivity contribution < 1.29 is 19.4 Å². The highest BCUT2D eigenvalue weighted by Gasteiger charge is 2.44. The molecule has 0 spiro atoms. The molecular weight excluding hydrogens is 332 g/mol. The standard InChI is InChI=1S/C20H30N2O4/c1-21(2)15-6-12-8-16(9-13(12)7-15)22(3)20(24)14-10-17(25-4)19(23)18(11-14)26-5/h10-13,15-16,23H,6-9H2,1-5H3/t12-,13-,15?,16?/m1/s1. The van der Waals surface area contributed by atoms with E-state index in [1.165, 1.54) is 27.1 Å². The summed E-state index contributed by atoms with van der Waals surface area (Å²) in [5.74, 6) is 1.78. The minimum absolute atomic E-state index is 0.0595. The minimum atomic E-state index is -0.0840. The SMILES string of the molecule is COc1cc(C(=O)N(C)C2C[C@H]3CC(N(C)C)C[C@@H]3C2)cc(OC)c1O. The van der Waals surface area contributed by atoms with Crippen molar-refractivity contribution in [2.24, 2.45) is 11.8 Å². The summed E-state index contributed by atoms with van der Waals surface area (Å²) in [6.07, 6.45) is 4.61. The van der Waals surface area contributed by atoms with Crippen molar-refractivity contribution in [1.82, 2.24) is 9.80 Å². The van der Waals surface area contributed by atoms with Gasteiger partial charge < -0.3 is 24.4 Å². The first-order chi connectivity index (χ1) is 12.3. The maximum atomic E-state index is 13.0. The summed E-state index contributed by atoms with van der Waals surface area (Å²) in [5, 5.41) is 10.0. The molecule has 2 fully saturated rings. The minimum Gasteiger partial charge on any atom is -0.502 e. The summed E-state index contributed by atoms with van der Waals surface area (Å²) in [7, 11) is 9.12. The lowest BCUT2D eigenvalue weighted by molar-refractivity contribution is 0.0725. The molecule has 2 saturated carbocycles. The zero-order valence-corrected chi connectivity index (χ0v) is 16.4. The molecule has 0 heterocycles. The average molecular weight is 362 g/mol. The van der Waals surface area contributed by atoms with E-state index in [4.69, 9.17) is 9.47 Å². The molecule has 144 valence electrons. The van der Waals surface area contributed by atoms with Gasteiger partial charge in [0.1, 0.15) is 0 Å². The number of rotatable bonds is 5. The fraction of sp³-hybridized carbons (Fsp3) is 0.650. The van der Waals surface area contributed by atoms with Crippen molar-refractivity contribution in [2.75, 3.05) is 35.4 Å². The van der Waals surface area contributed by atoms with E-state index in [0.29, 0.717) is 23.4 Å². The first kappa shape index (κ1) is 18.8. The van der Waals surface area contributed by atoms with E-state index in [-0.39, 0.29) is 29.2 Å². The molecule has 3 rings (SSSR count). The van der Waals surface area contributed by atoms with Crippen LogP contribution >= 0.6 is 0 Å². The normalized spacial score (nSPS) is 23.3. The molecule has 0 radical (unpaired) electrons. The van der Waals surface area contributed by atoms with Crippen molar-refractivity contribution in [1.29, 1.82) is 0 Å². The average Bonchev–Trinajstić information content (AvgIpc) is 3.19. The maximum Gasteiger partial charge on any atom is 0.254 e. The van der Waals surface area contributed by atoms with Crippen LogP contribution in [0.1, 0.15) is 36.0 Å². The monoisotopic (exact) mass is 362 g/mol. The number of fused-ring (bicyclic) bond motifs is 1. The third-order valence-corrected chi connectivity index (χ3v) is 6.29. The van der Waals surface area contributed by atoms with Gasteiger partial charge >= 0.3 is 0 Å². The summed E-state index contributed by atoms with van der Waals surface area (Å²) in [6.45, 7) is 0. The lowest BCUT2D eigenvalue weighted by Crippen LogP contribution is -2.36. The Labute approximate surface area is 155 Å². The van der Waals surface area contributed by atoms with E-state index >= 15 is 0 Å². The van der Waals surface area contributed by atoms with Crippen LogP contribution in [0.5, 0.6) is 17.2 Å². The first-order valence-electron chi connectivity index (χ1n) is 9.24. The van der Waals surface area contributed by atoms with Crippen LogP contribution in [0.4, 0.5) is 0 Å². The van der Waals surface area contributed by atoms with Crippen LogP contribution in [0, 0.1) is 11.8 Å². The van der Waals surface area contributed by atoms with Gasteiger partial charge in [0.2, 0.25) is 5.75 Å². The van der Waals surface area contributed by atoms with Crippen LogP contribution in [0.15, 0.2) is 12.1 Å². The molecule has 0 saturated heterocycles. The predicted octanol–water partition coefficient (Wildman–Crippen LogP) is 2.60. The fourth-order valence-electron chi connectivity index (χ4n) is 4.68. The van der Waals surface area contributed by atoms with Crippen LogP contribution in [0.2, 0.25) is 0 Å². The first-order valence-corrected chi connectivity index (χ1v) is 9.24. The number of aromatic hydroxyl groups is 1. The maximum absolute atomic E-state index is 13.0. The number of hydrogen-bond acceptors (Lipinski definition) is 5. The lowest BCUT2D eigenvalue weighted by atomic mass is 10.0. The number of nitrogens with zero attached hydrogens (tertiary/aromatic N) is 2. The zero-order chi connectivity index (χ0) is 19.0. The summed E-state index contributed by atoms with van der Waals surface area (Å²) in [4.78, 5) is 17.2. The van der Waals surface area contributed by atoms with Crippen LogP contribution < -0.4 is 9.47 Å². The Hall–Kier alpha value is -1.95. The lowest BCUT2D eigenvalue weighted by Gasteiger charge is -2.27. The molecular formula is C20H30N2O4. The van der Waals surface area contributed by atoms with Crippen molar-refractivity contribution in [3.63, 3.8) is 0 Å². The van der Waals surface area contributed by atoms with Gasteiger partial charge in [-0.1, -0.05) is 0 Å². The molecule has 6 nitrogen and oxygen atoms in total. The van der Waals surface area contributed by atoms with E-state index in [2.05, 4.69) is 19.0 Å². The van der Waals surface area contributed by atoms with Gasteiger partial charge in [-0.25, -0.2) is 0 Å². The third-order valence-electron chi connectivity index (χ3n) is 6.29. The summed E-state index contributed by atoms with van der Waals surface area (Å²) >= 11 is 0. The molecule has 0 aromatic heterocycles. The second-order valence-electron chi connectivity index (χ2n) is 7.88. The molecule has 2 atom stereocenters. The number of ether oxygens (including phenoxy) is 2. The Balaban J connectivity index is 1.72. The Kier molecular flexibility index (Phi) is 5.32. The van der Waals surface area contributed by atoms with Crippen LogP contribution in [-0.4, -0.2) is 68.3 Å². The molecule has 0 bridgehead atoms. The Morgan fingerprint density at radius 2 is 1.42 bits per heavy atom. The molecule has 0 aliphatic heterocycles. The largest absolute Gasteiger partial charge is 0.502 e. The van der Waals surface area contributed by atoms with Gasteiger partial charge in [0.15, 0.2) is 11.5 Å². The van der Waals surface area contributed by atoms with Gasteiger partial charge in [-0.15, -0.1) is 0 Å². The molecule has 1 N–H and O–H groups in total. The van der Waals surface area contributed by atoms with Crippen molar-refractivity contribution >= 4 is 5.91 Å². The number of phenols is 1. The van der Waals surface area contributed by atoms with Gasteiger partial charge in [0.05, 0.1) is 14.2 Å². The van der Waals surface area contributed by atoms with Crippen molar-refractivity contribution in [3.05, 3.63) is 17.7 Å². The highest BCUT2D eigenvalue weighted by atomic mass is 16.5. The molecule has 6 heteroatoms. The predicted molar refractivity (Wildman–Crippen MR) is 100 cm³/mol. The Morgan fingerprint density at radius 3 is 1.85 bits per heavy atom. The van der Waals surface area contributed by atoms with Gasteiger partial charge in [0, 0.05) is 24.7 Å². The Bertz CT molecular complexity index is 637. The highest BCUT2D eigenvalue weighted by Crippen LogP contribution is 2.47. The van der Waals surface area contributed by atoms with Crippen molar-refractivity contribution in [3.8, 4) is 17.2 Å². The summed E-state index contributed by atoms with van der Waals surface area (Å²) < 4.78 is 10.3. The van der Waals surface area contributed by atoms with E-state index in [1.54, 1.807) is 12.1 Å². The molecule has 26 heavy (non-hydrogen) atoms. The molecule has 2 aliphatic carbocycles. The molecule has 2 aliphatic rings. The molecule has 1 aromatic rings. The van der Waals surface area contributed by atoms with Crippen LogP contribution in [0.3, 0.4) is 0 Å². The third kappa shape index (κ3) is 3.34. The molecule has 1 aromatic carbocycles. The smallest absolute Gasteiger partial charge is 0.254 e. The summed E-state index contributed by atoms with van der Waals surface area (Å²) in [5.41, 5.74) is 0.474. The second kappa shape index (κ2) is 7.35. The highest BCUT2D eigenvalue weighted by molar-refractivity contribution is 5.95. The van der Waals surface area contributed by atoms with Gasteiger partial charge in [-0.3, -0.25) is 4.79 Å². The Morgan fingerprint density at radius 1 is 0.962 bits per heavy atom. The van der Waals surface area contributed by atoms with E-state index in [0.717, 1.165) is 12.8 Å². The number of carbonyl (C=O) groups excluding carboxylic acids is 1. The van der Waals surface area contributed by atoms with Crippen LogP contribution in [-0.2, 0) is 0 Å². The van der Waals surface area contributed by atoms with E-state index in [1.807, 2.05) is 11.9 Å². The number of benzene rings is 1. The van der Waals surface area contributed by atoms with E-state index in [9.17, 15) is 9.90 Å². The quantitative estimate of drug-likeness (QED) is 0.872. The van der Waals surface area contributed by atoms with Gasteiger partial charge in [0.25, 0.3) is 5.91 Å². The fourth-order valence-corrected chi connectivity index (χ4v) is 4.68. The number of methoxy groups -OCH3 is 2. The summed E-state index contributed by atoms with van der Waals surface area (Å²) in [6, 6.07) is 4.10. The number of carbonyl (C=O) groups is 1. The second-order valence-corrected chi connectivity index (χ2v) is 7.88. The van der Waals surface area contributed by atoms with Gasteiger partial charge in [-0.05, 0) is 63.7 Å².